The Morgan fingerprint density at radius 1 is 1.20 bits per heavy atom. The number of amides is 1. The number of sulfonamides is 1. The molecule has 0 saturated carbocycles. The first-order chi connectivity index (χ1) is 16.3. The molecule has 0 spiro atoms. The highest BCUT2D eigenvalue weighted by molar-refractivity contribution is 7.89. The van der Waals surface area contributed by atoms with Crippen LogP contribution < -0.4 is 5.32 Å². The molecule has 1 atom stereocenters. The Balaban J connectivity index is 1.86. The number of piperidine rings is 1. The number of anilines is 1. The van der Waals surface area contributed by atoms with Gasteiger partial charge in [-0.05, 0) is 51.8 Å². The molecule has 8 nitrogen and oxygen atoms in total. The van der Waals surface area contributed by atoms with Crippen LogP contribution in [-0.4, -0.2) is 48.9 Å². The monoisotopic (exact) mass is 515 g/mol. The maximum absolute atomic E-state index is 13.6. The number of carbonyl (C=O) groups excluding carboxylic acids is 2. The van der Waals surface area contributed by atoms with Gasteiger partial charge >= 0.3 is 12.1 Å². The number of carbonyl (C=O) groups is 2. The van der Waals surface area contributed by atoms with Crippen molar-refractivity contribution in [3.8, 4) is 0 Å². The van der Waals surface area contributed by atoms with Crippen molar-refractivity contribution in [1.82, 2.24) is 8.87 Å². The number of benzene rings is 1. The Morgan fingerprint density at radius 3 is 2.51 bits per heavy atom. The molecule has 2 heterocycles. The second-order valence-electron chi connectivity index (χ2n) is 8.42. The fourth-order valence-electron chi connectivity index (χ4n) is 4.20. The van der Waals surface area contributed by atoms with E-state index in [-0.39, 0.29) is 35.8 Å². The number of ether oxygens (including phenoxy) is 1. The van der Waals surface area contributed by atoms with Crippen molar-refractivity contribution < 1.29 is 35.9 Å². The minimum Gasteiger partial charge on any atom is -0.462 e. The largest absolute Gasteiger partial charge is 0.462 e. The number of nitrogens with zero attached hydrogens (tertiary/aromatic N) is 2. The van der Waals surface area contributed by atoms with E-state index < -0.39 is 39.6 Å². The summed E-state index contributed by atoms with van der Waals surface area (Å²) in [5, 5.41) is 2.47. The van der Waals surface area contributed by atoms with Crippen LogP contribution in [0.15, 0.2) is 29.2 Å². The normalized spacial score (nSPS) is 17.3. The van der Waals surface area contributed by atoms with E-state index in [2.05, 4.69) is 5.32 Å². The van der Waals surface area contributed by atoms with Crippen molar-refractivity contribution >= 4 is 27.6 Å². The Morgan fingerprint density at radius 2 is 1.89 bits per heavy atom. The van der Waals surface area contributed by atoms with Crippen LogP contribution in [0.3, 0.4) is 0 Å². The fraction of sp³-hybridized carbons (Fsp3) is 0.478. The maximum Gasteiger partial charge on any atom is 0.416 e. The van der Waals surface area contributed by atoms with Crippen LogP contribution in [0.1, 0.15) is 47.1 Å². The average Bonchev–Trinajstić information content (AvgIpc) is 3.03. The lowest BCUT2D eigenvalue weighted by Crippen LogP contribution is -2.44. The van der Waals surface area contributed by atoms with E-state index in [4.69, 9.17) is 4.74 Å². The Bertz CT molecular complexity index is 1240. The molecule has 1 saturated heterocycles. The third-order valence-electron chi connectivity index (χ3n) is 6.21. The highest BCUT2D eigenvalue weighted by Crippen LogP contribution is 2.33. The molecule has 0 aliphatic carbocycles. The van der Waals surface area contributed by atoms with Crippen molar-refractivity contribution in [3.05, 3.63) is 46.8 Å². The van der Waals surface area contributed by atoms with Crippen molar-refractivity contribution in [2.75, 3.05) is 25.0 Å². The van der Waals surface area contributed by atoms with Gasteiger partial charge in [0.25, 0.3) is 0 Å². The molecular weight excluding hydrogens is 487 g/mol. The highest BCUT2D eigenvalue weighted by atomic mass is 32.2. The van der Waals surface area contributed by atoms with Crippen LogP contribution in [0.25, 0.3) is 0 Å². The van der Waals surface area contributed by atoms with E-state index in [0.717, 1.165) is 16.4 Å². The third kappa shape index (κ3) is 5.37. The van der Waals surface area contributed by atoms with Crippen molar-refractivity contribution in [3.63, 3.8) is 0 Å². The molecule has 35 heavy (non-hydrogen) atoms. The summed E-state index contributed by atoms with van der Waals surface area (Å²) in [4.78, 5) is 25.3. The topological polar surface area (TPSA) is 97.7 Å². The van der Waals surface area contributed by atoms with Crippen molar-refractivity contribution in [2.45, 2.75) is 44.7 Å². The number of nitrogens with one attached hydrogen (secondary N) is 1. The Hall–Kier alpha value is -2.86. The van der Waals surface area contributed by atoms with E-state index in [1.807, 2.05) is 0 Å². The molecule has 1 aromatic carbocycles. The van der Waals surface area contributed by atoms with Crippen molar-refractivity contribution in [1.29, 1.82) is 0 Å². The van der Waals surface area contributed by atoms with Crippen LogP contribution in [0.4, 0.5) is 18.9 Å². The van der Waals surface area contributed by atoms with Gasteiger partial charge in [0.05, 0.1) is 18.1 Å². The molecule has 12 heteroatoms. The molecule has 1 aliphatic heterocycles. The lowest BCUT2D eigenvalue weighted by molar-refractivity contribution is -0.137. The molecule has 0 unspecified atom stereocenters. The van der Waals surface area contributed by atoms with Crippen molar-refractivity contribution in [2.24, 2.45) is 13.0 Å². The zero-order valence-corrected chi connectivity index (χ0v) is 20.7. The van der Waals surface area contributed by atoms with Gasteiger partial charge < -0.3 is 14.6 Å². The second-order valence-corrected chi connectivity index (χ2v) is 10.3. The fourth-order valence-corrected chi connectivity index (χ4v) is 6.20. The van der Waals surface area contributed by atoms with E-state index in [1.165, 1.54) is 12.1 Å². The number of esters is 1. The smallest absolute Gasteiger partial charge is 0.416 e. The molecule has 1 fully saturated rings. The van der Waals surface area contributed by atoms with Crippen LogP contribution in [0.5, 0.6) is 0 Å². The summed E-state index contributed by atoms with van der Waals surface area (Å²) < 4.78 is 74.0. The first-order valence-electron chi connectivity index (χ1n) is 11.1. The average molecular weight is 516 g/mol. The summed E-state index contributed by atoms with van der Waals surface area (Å²) in [6, 6.07) is 4.26. The zero-order valence-electron chi connectivity index (χ0n) is 19.9. The summed E-state index contributed by atoms with van der Waals surface area (Å²) >= 11 is 0. The lowest BCUT2D eigenvalue weighted by atomic mass is 9.98. The predicted molar refractivity (Wildman–Crippen MR) is 122 cm³/mol. The van der Waals surface area contributed by atoms with Gasteiger partial charge in [-0.3, -0.25) is 4.79 Å². The second kappa shape index (κ2) is 10.0. The van der Waals surface area contributed by atoms with Crippen LogP contribution in [0, 0.1) is 19.8 Å². The van der Waals surface area contributed by atoms with Gasteiger partial charge in [-0.15, -0.1) is 0 Å². The summed E-state index contributed by atoms with van der Waals surface area (Å²) in [5.74, 6) is -2.09. The summed E-state index contributed by atoms with van der Waals surface area (Å²) in [7, 11) is -2.52. The van der Waals surface area contributed by atoms with Gasteiger partial charge in [0.1, 0.15) is 10.5 Å². The molecule has 1 N–H and O–H groups in total. The number of hydrogen-bond acceptors (Lipinski definition) is 5. The summed E-state index contributed by atoms with van der Waals surface area (Å²) in [5.41, 5.74) is -0.160. The molecule has 3 rings (SSSR count). The SMILES string of the molecule is CCOC(=O)c1c(S(=O)(=O)N2CCC[C@@H](C(=O)Nc3cccc(C(F)(F)F)c3)C2)c(C)n(C)c1C. The number of aromatic nitrogens is 1. The Kier molecular flexibility index (Phi) is 7.65. The van der Waals surface area contributed by atoms with Gasteiger partial charge in [0.15, 0.2) is 0 Å². The number of alkyl halides is 3. The molecule has 0 radical (unpaired) electrons. The molecular formula is C23H28F3N3O5S. The first-order valence-corrected chi connectivity index (χ1v) is 12.5. The molecule has 2 aromatic rings. The van der Waals surface area contributed by atoms with Gasteiger partial charge in [-0.1, -0.05) is 6.07 Å². The van der Waals surface area contributed by atoms with Crippen LogP contribution in [0.2, 0.25) is 0 Å². The van der Waals surface area contributed by atoms with Gasteiger partial charge in [0.2, 0.25) is 15.9 Å². The Labute approximate surface area is 202 Å². The van der Waals surface area contributed by atoms with E-state index >= 15 is 0 Å². The predicted octanol–water partition coefficient (Wildman–Crippen LogP) is 3.88. The van der Waals surface area contributed by atoms with Gasteiger partial charge in [-0.25, -0.2) is 13.2 Å². The molecule has 1 amide bonds. The van der Waals surface area contributed by atoms with E-state index in [1.54, 1.807) is 32.4 Å². The quantitative estimate of drug-likeness (QED) is 0.589. The van der Waals surface area contributed by atoms with Gasteiger partial charge in [0, 0.05) is 37.2 Å². The minimum atomic E-state index is -4.56. The standard InChI is InChI=1S/C23H28F3N3O5S/c1-5-34-22(31)19-14(2)28(4)15(3)20(19)35(32,33)29-11-7-8-16(13-29)21(30)27-18-10-6-9-17(12-18)23(24,25)26/h6,9-10,12,16H,5,7-8,11,13H2,1-4H3,(H,27,30)/t16-/m1/s1. The first kappa shape index (κ1) is 26.7. The van der Waals surface area contributed by atoms with Crippen LogP contribution >= 0.6 is 0 Å². The number of rotatable bonds is 6. The van der Waals surface area contributed by atoms with E-state index in [0.29, 0.717) is 24.2 Å². The third-order valence-corrected chi connectivity index (χ3v) is 8.24. The minimum absolute atomic E-state index is 0.0241. The number of halogens is 3. The molecule has 1 aliphatic rings. The maximum atomic E-state index is 13.6. The van der Waals surface area contributed by atoms with E-state index in [9.17, 15) is 31.2 Å². The lowest BCUT2D eigenvalue weighted by Gasteiger charge is -2.31. The zero-order chi connectivity index (χ0) is 26.1. The summed E-state index contributed by atoms with van der Waals surface area (Å²) in [6.07, 6.45) is -3.81. The number of hydrogen-bond donors (Lipinski definition) is 1. The summed E-state index contributed by atoms with van der Waals surface area (Å²) in [6.45, 7) is 4.89. The molecule has 0 bridgehead atoms. The van der Waals surface area contributed by atoms with Crippen LogP contribution in [-0.2, 0) is 32.8 Å². The van der Waals surface area contributed by atoms with Gasteiger partial charge in [-0.2, -0.15) is 17.5 Å². The molecule has 192 valence electrons. The molecule has 1 aromatic heterocycles. The highest BCUT2D eigenvalue weighted by Gasteiger charge is 2.39.